The number of halogens is 1. The van der Waals surface area contributed by atoms with Crippen molar-refractivity contribution in [3.05, 3.63) is 48.2 Å². The molecule has 5 nitrogen and oxygen atoms in total. The van der Waals surface area contributed by atoms with E-state index >= 15 is 0 Å². The summed E-state index contributed by atoms with van der Waals surface area (Å²) in [5.41, 5.74) is 0.994. The van der Waals surface area contributed by atoms with Gasteiger partial charge in [0.15, 0.2) is 5.82 Å². The number of aromatic nitrogens is 2. The quantitative estimate of drug-likeness (QED) is 0.858. The van der Waals surface area contributed by atoms with E-state index in [0.717, 1.165) is 5.56 Å². The van der Waals surface area contributed by atoms with E-state index in [1.165, 1.54) is 12.3 Å². The van der Waals surface area contributed by atoms with E-state index in [-0.39, 0.29) is 10.7 Å². The third kappa shape index (κ3) is 3.65. The summed E-state index contributed by atoms with van der Waals surface area (Å²) in [7, 11) is -3.63. The Labute approximate surface area is 116 Å². The van der Waals surface area contributed by atoms with Gasteiger partial charge in [0.1, 0.15) is 0 Å². The number of hydrogen-bond acceptors (Lipinski definition) is 4. The Bertz CT molecular complexity index is 630. The minimum Gasteiger partial charge on any atom is -0.262 e. The van der Waals surface area contributed by atoms with Crippen LogP contribution < -0.4 is 4.72 Å². The Morgan fingerprint density at radius 3 is 2.47 bits per heavy atom. The van der Waals surface area contributed by atoms with E-state index in [1.807, 2.05) is 0 Å². The van der Waals surface area contributed by atoms with E-state index in [4.69, 9.17) is 11.6 Å². The first-order valence-corrected chi connectivity index (χ1v) is 7.59. The second kappa shape index (κ2) is 5.99. The first-order valence-electron chi connectivity index (χ1n) is 5.57. The van der Waals surface area contributed by atoms with Crippen LogP contribution in [0, 0.1) is 0 Å². The van der Waals surface area contributed by atoms with E-state index in [0.29, 0.717) is 12.3 Å². The Kier molecular flexibility index (Phi) is 4.34. The van der Waals surface area contributed by atoms with Gasteiger partial charge in [-0.25, -0.2) is 8.42 Å². The summed E-state index contributed by atoms with van der Waals surface area (Å²) in [5.74, 6) is 0.691. The second-order valence-electron chi connectivity index (χ2n) is 3.80. The first-order chi connectivity index (χ1) is 9.12. The Hall–Kier alpha value is -1.66. The zero-order valence-electron chi connectivity index (χ0n) is 9.95. The van der Waals surface area contributed by atoms with Crippen LogP contribution >= 0.6 is 11.6 Å². The number of aryl methyl sites for hydroxylation is 1. The molecule has 0 atom stereocenters. The zero-order chi connectivity index (χ0) is 13.7. The minimum atomic E-state index is -3.63. The summed E-state index contributed by atoms with van der Waals surface area (Å²) in [6, 6.07) is 9.71. The summed E-state index contributed by atoms with van der Waals surface area (Å²) in [6.45, 7) is 0. The lowest BCUT2D eigenvalue weighted by atomic mass is 10.2. The number of rotatable bonds is 5. The van der Waals surface area contributed by atoms with E-state index < -0.39 is 10.0 Å². The van der Waals surface area contributed by atoms with Crippen molar-refractivity contribution in [2.45, 2.75) is 11.3 Å². The number of anilines is 1. The molecule has 0 amide bonds. The number of benzene rings is 1. The minimum absolute atomic E-state index is 0.177. The standard InChI is InChI=1S/C12H12ClN3O2S/c13-8-7-10-3-5-11(6-4-10)19(17,18)16-12-2-1-9-14-15-12/h1-6,9H,7-8H2,(H,15,16). The highest BCUT2D eigenvalue weighted by atomic mass is 35.5. The molecular weight excluding hydrogens is 286 g/mol. The van der Waals surface area contributed by atoms with E-state index in [9.17, 15) is 8.42 Å². The van der Waals surface area contributed by atoms with Gasteiger partial charge >= 0.3 is 0 Å². The van der Waals surface area contributed by atoms with Crippen LogP contribution in [-0.2, 0) is 16.4 Å². The third-order valence-electron chi connectivity index (χ3n) is 2.43. The molecule has 19 heavy (non-hydrogen) atoms. The summed E-state index contributed by atoms with van der Waals surface area (Å²) in [4.78, 5) is 0.177. The highest BCUT2D eigenvalue weighted by Crippen LogP contribution is 2.14. The first kappa shape index (κ1) is 13.8. The van der Waals surface area contributed by atoms with Gasteiger partial charge in [0, 0.05) is 12.1 Å². The second-order valence-corrected chi connectivity index (χ2v) is 5.86. The van der Waals surface area contributed by atoms with Gasteiger partial charge < -0.3 is 0 Å². The molecule has 0 saturated heterocycles. The number of alkyl halides is 1. The van der Waals surface area contributed by atoms with Gasteiger partial charge in [0.25, 0.3) is 10.0 Å². The molecule has 1 N–H and O–H groups in total. The molecule has 2 rings (SSSR count). The predicted octanol–water partition coefficient (Wildman–Crippen LogP) is 2.06. The molecule has 0 aliphatic rings. The van der Waals surface area contributed by atoms with Crippen molar-refractivity contribution in [2.24, 2.45) is 0 Å². The van der Waals surface area contributed by atoms with Crippen molar-refractivity contribution in [1.29, 1.82) is 0 Å². The smallest absolute Gasteiger partial charge is 0.262 e. The number of hydrogen-bond donors (Lipinski definition) is 1. The van der Waals surface area contributed by atoms with Crippen LogP contribution in [0.4, 0.5) is 5.82 Å². The van der Waals surface area contributed by atoms with E-state index in [2.05, 4.69) is 14.9 Å². The molecule has 7 heteroatoms. The fraction of sp³-hybridized carbons (Fsp3) is 0.167. The Morgan fingerprint density at radius 1 is 1.16 bits per heavy atom. The van der Waals surface area contributed by atoms with Crippen molar-refractivity contribution in [1.82, 2.24) is 10.2 Å². The lowest BCUT2D eigenvalue weighted by molar-refractivity contribution is 0.601. The topological polar surface area (TPSA) is 72.0 Å². The molecule has 100 valence electrons. The molecule has 0 aliphatic heterocycles. The molecule has 1 aromatic carbocycles. The van der Waals surface area contributed by atoms with E-state index in [1.54, 1.807) is 30.3 Å². The van der Waals surface area contributed by atoms with Gasteiger partial charge in [0.05, 0.1) is 4.90 Å². The van der Waals surface area contributed by atoms with Crippen LogP contribution in [0.5, 0.6) is 0 Å². The van der Waals surface area contributed by atoms with Crippen LogP contribution in [0.3, 0.4) is 0 Å². The van der Waals surface area contributed by atoms with Crippen LogP contribution in [0.2, 0.25) is 0 Å². The molecule has 0 bridgehead atoms. The van der Waals surface area contributed by atoms with Gasteiger partial charge in [0.2, 0.25) is 0 Å². The highest BCUT2D eigenvalue weighted by Gasteiger charge is 2.14. The van der Waals surface area contributed by atoms with Gasteiger partial charge in [-0.3, -0.25) is 4.72 Å². The fourth-order valence-electron chi connectivity index (χ4n) is 1.50. The molecular formula is C12H12ClN3O2S. The van der Waals surface area contributed by atoms with Gasteiger partial charge in [-0.1, -0.05) is 12.1 Å². The van der Waals surface area contributed by atoms with Crippen molar-refractivity contribution in [3.63, 3.8) is 0 Å². The monoisotopic (exact) mass is 297 g/mol. The van der Waals surface area contributed by atoms with Crippen molar-refractivity contribution in [3.8, 4) is 0 Å². The maximum atomic E-state index is 12.1. The molecule has 0 fully saturated rings. The van der Waals surface area contributed by atoms with Crippen LogP contribution in [0.1, 0.15) is 5.56 Å². The number of nitrogens with one attached hydrogen (secondary N) is 1. The zero-order valence-corrected chi connectivity index (χ0v) is 11.5. The lowest BCUT2D eigenvalue weighted by Gasteiger charge is -2.07. The maximum absolute atomic E-state index is 12.1. The summed E-state index contributed by atoms with van der Waals surface area (Å²) in [6.07, 6.45) is 2.18. The molecule has 0 saturated carbocycles. The largest absolute Gasteiger partial charge is 0.263 e. The highest BCUT2D eigenvalue weighted by molar-refractivity contribution is 7.92. The third-order valence-corrected chi connectivity index (χ3v) is 3.99. The maximum Gasteiger partial charge on any atom is 0.263 e. The molecule has 2 aromatic rings. The van der Waals surface area contributed by atoms with Gasteiger partial charge in [-0.15, -0.1) is 16.7 Å². The van der Waals surface area contributed by atoms with Gasteiger partial charge in [-0.2, -0.15) is 5.10 Å². The van der Waals surface area contributed by atoms with Crippen LogP contribution in [-0.4, -0.2) is 24.5 Å². The van der Waals surface area contributed by atoms with Gasteiger partial charge in [-0.05, 0) is 36.2 Å². The molecule has 1 aromatic heterocycles. The predicted molar refractivity (Wildman–Crippen MR) is 73.7 cm³/mol. The van der Waals surface area contributed by atoms with Crippen LogP contribution in [0.15, 0.2) is 47.5 Å². The summed E-state index contributed by atoms with van der Waals surface area (Å²) >= 11 is 5.63. The van der Waals surface area contributed by atoms with Crippen molar-refractivity contribution < 1.29 is 8.42 Å². The molecule has 0 radical (unpaired) electrons. The lowest BCUT2D eigenvalue weighted by Crippen LogP contribution is -2.14. The number of sulfonamides is 1. The molecule has 0 spiro atoms. The van der Waals surface area contributed by atoms with Crippen molar-refractivity contribution in [2.75, 3.05) is 10.6 Å². The Morgan fingerprint density at radius 2 is 1.89 bits per heavy atom. The average Bonchev–Trinajstić information content (AvgIpc) is 2.40. The molecule has 0 aliphatic carbocycles. The molecule has 1 heterocycles. The molecule has 0 unspecified atom stereocenters. The fourth-order valence-corrected chi connectivity index (χ4v) is 2.71. The summed E-state index contributed by atoms with van der Waals surface area (Å²) < 4.78 is 26.5. The van der Waals surface area contributed by atoms with Crippen molar-refractivity contribution >= 4 is 27.4 Å². The average molecular weight is 298 g/mol. The van der Waals surface area contributed by atoms with Crippen LogP contribution in [0.25, 0.3) is 0 Å². The Balaban J connectivity index is 2.20. The summed E-state index contributed by atoms with van der Waals surface area (Å²) in [5, 5.41) is 7.29. The number of nitrogens with zero attached hydrogens (tertiary/aromatic N) is 2. The SMILES string of the molecule is O=S(=O)(Nc1cccnn1)c1ccc(CCCl)cc1. The normalized spacial score (nSPS) is 11.2.